The number of piperazine rings is 1. The lowest BCUT2D eigenvalue weighted by molar-refractivity contribution is 0.0532. The van der Waals surface area contributed by atoms with E-state index in [0.29, 0.717) is 0 Å². The first-order valence-corrected chi connectivity index (χ1v) is 10.1. The van der Waals surface area contributed by atoms with Crippen LogP contribution in [0.5, 0.6) is 5.75 Å². The largest absolute Gasteiger partial charge is 0.495 e. The van der Waals surface area contributed by atoms with Crippen molar-refractivity contribution in [3.8, 4) is 5.75 Å². The molecule has 2 aromatic carbocycles. The number of methoxy groups -OCH3 is 1. The summed E-state index contributed by atoms with van der Waals surface area (Å²) in [6.45, 7) is 0.731. The highest BCUT2D eigenvalue weighted by Crippen LogP contribution is 2.26. The molecule has 1 N–H and O–H groups in total. The van der Waals surface area contributed by atoms with Gasteiger partial charge < -0.3 is 14.5 Å². The molecule has 0 unspecified atom stereocenters. The number of hydrogen-bond donors (Lipinski definition) is 2. The van der Waals surface area contributed by atoms with Crippen LogP contribution in [0.3, 0.4) is 0 Å². The molecule has 0 atom stereocenters. The number of nitrogens with one attached hydrogen (secondary N) is 1. The van der Waals surface area contributed by atoms with Crippen LogP contribution in [-0.2, 0) is 10.9 Å². The number of thiol groups is 1. The second-order valence-corrected chi connectivity index (χ2v) is 7.21. The Labute approximate surface area is 173 Å². The molecule has 160 valence electrons. The van der Waals surface area contributed by atoms with Crippen molar-refractivity contribution >= 4 is 28.4 Å². The lowest BCUT2D eigenvalue weighted by Gasteiger charge is -2.35. The monoisotopic (exact) mass is 439 g/mol. The summed E-state index contributed by atoms with van der Waals surface area (Å²) in [5, 5.41) is 0. The molecule has 0 spiro atoms. The van der Waals surface area contributed by atoms with Crippen molar-refractivity contribution < 1.29 is 31.5 Å². The Hall–Kier alpha value is -3.21. The summed E-state index contributed by atoms with van der Waals surface area (Å²) < 4.78 is 56.3. The Morgan fingerprint density at radius 2 is 1.63 bits per heavy atom. The molecule has 1 aliphatic rings. The number of carbonyl (C=O) groups excluding carboxylic acids is 2. The van der Waals surface area contributed by atoms with Crippen LogP contribution in [0.1, 0.15) is 20.7 Å². The molecule has 8 nitrogen and oxygen atoms in total. The lowest BCUT2D eigenvalue weighted by atomic mass is 10.1. The molecule has 0 saturated carbocycles. The maximum Gasteiger partial charge on any atom is 0.257 e. The topological polar surface area (TPSA) is 96.0 Å². The van der Waals surface area contributed by atoms with Gasteiger partial charge in [0.1, 0.15) is 5.75 Å². The molecule has 0 aromatic heterocycles. The number of ether oxygens (including phenoxy) is 1. The maximum atomic E-state index is 13.9. The summed E-state index contributed by atoms with van der Waals surface area (Å²) in [4.78, 5) is 28.1. The van der Waals surface area contributed by atoms with Gasteiger partial charge in [0, 0.05) is 31.7 Å². The second kappa shape index (κ2) is 9.08. The first-order valence-electron chi connectivity index (χ1n) is 8.93. The van der Waals surface area contributed by atoms with Crippen LogP contribution >= 0.6 is 0 Å². The number of hydrogen-bond acceptors (Lipinski definition) is 5. The van der Waals surface area contributed by atoms with Gasteiger partial charge in [-0.05, 0) is 30.3 Å². The minimum absolute atomic E-state index is 0.161. The second-order valence-electron chi connectivity index (χ2n) is 6.47. The maximum absolute atomic E-state index is 13.9. The van der Waals surface area contributed by atoms with Gasteiger partial charge in [-0.1, -0.05) is 6.07 Å². The van der Waals surface area contributed by atoms with E-state index in [1.165, 1.54) is 47.2 Å². The third-order valence-electron chi connectivity index (χ3n) is 4.70. The molecule has 1 heterocycles. The molecule has 2 aromatic rings. The minimum Gasteiger partial charge on any atom is -0.495 e. The number of halogens is 2. The molecule has 30 heavy (non-hydrogen) atoms. The zero-order valence-corrected chi connectivity index (χ0v) is 16.8. The van der Waals surface area contributed by atoms with Gasteiger partial charge in [-0.2, -0.15) is 0 Å². The van der Waals surface area contributed by atoms with Crippen molar-refractivity contribution in [3.05, 3.63) is 59.2 Å². The number of benzene rings is 2. The Morgan fingerprint density at radius 1 is 1.00 bits per heavy atom. The third kappa shape index (κ3) is 4.51. The summed E-state index contributed by atoms with van der Waals surface area (Å²) in [5.41, 5.74) is 0.145. The van der Waals surface area contributed by atoms with Crippen molar-refractivity contribution in [2.45, 2.75) is 0 Å². The molecule has 0 aliphatic carbocycles. The predicted octanol–water partition coefficient (Wildman–Crippen LogP) is 1.51. The molecular weight excluding hydrogens is 420 g/mol. The fraction of sp³-hybridized carbons (Fsp3) is 0.263. The SMILES string of the molecule is COc1cc(C(=O)N2CCN(C(=O)c3cccc(F)c3F)CC2)ccc1N[SH](=O)=O. The van der Waals surface area contributed by atoms with Gasteiger partial charge >= 0.3 is 0 Å². The highest BCUT2D eigenvalue weighted by Gasteiger charge is 2.27. The highest BCUT2D eigenvalue weighted by molar-refractivity contribution is 7.73. The number of amides is 2. The standard InChI is InChI=1S/C19H19F2N3O5S/c1-29-16-11-12(5-6-15(16)22-30(27)28)18(25)23-7-9-24(10-8-23)19(26)13-3-2-4-14(20)17(13)21/h2-6,11,30H,7-10H2,1H3,(H,22,27,28). The van der Waals surface area contributed by atoms with Crippen LogP contribution < -0.4 is 9.46 Å². The third-order valence-corrected chi connectivity index (χ3v) is 5.12. The highest BCUT2D eigenvalue weighted by atomic mass is 32.2. The molecule has 2 amide bonds. The van der Waals surface area contributed by atoms with E-state index < -0.39 is 28.4 Å². The summed E-state index contributed by atoms with van der Waals surface area (Å²) in [7, 11) is -1.53. The van der Waals surface area contributed by atoms with Crippen LogP contribution in [0.15, 0.2) is 36.4 Å². The Morgan fingerprint density at radius 3 is 2.23 bits per heavy atom. The van der Waals surface area contributed by atoms with E-state index in [2.05, 4.69) is 4.72 Å². The van der Waals surface area contributed by atoms with Crippen LogP contribution in [0.2, 0.25) is 0 Å². The number of nitrogens with zero attached hydrogens (tertiary/aromatic N) is 2. The molecule has 1 saturated heterocycles. The molecule has 0 bridgehead atoms. The Balaban J connectivity index is 1.68. The zero-order valence-electron chi connectivity index (χ0n) is 15.9. The first-order chi connectivity index (χ1) is 14.3. The van der Waals surface area contributed by atoms with Gasteiger partial charge in [0.05, 0.1) is 18.4 Å². The van der Waals surface area contributed by atoms with Gasteiger partial charge in [-0.15, -0.1) is 0 Å². The lowest BCUT2D eigenvalue weighted by Crippen LogP contribution is -2.50. The van der Waals surface area contributed by atoms with E-state index in [9.17, 15) is 26.8 Å². The Kier molecular flexibility index (Phi) is 6.50. The van der Waals surface area contributed by atoms with Crippen molar-refractivity contribution in [1.82, 2.24) is 9.80 Å². The average Bonchev–Trinajstić information content (AvgIpc) is 2.74. The van der Waals surface area contributed by atoms with Crippen LogP contribution in [0, 0.1) is 11.6 Å². The van der Waals surface area contributed by atoms with Gasteiger partial charge in [0.2, 0.25) is 10.9 Å². The quantitative estimate of drug-likeness (QED) is 0.689. The van der Waals surface area contributed by atoms with E-state index in [0.717, 1.165) is 6.07 Å². The predicted molar refractivity (Wildman–Crippen MR) is 105 cm³/mol. The van der Waals surface area contributed by atoms with E-state index in [-0.39, 0.29) is 54.7 Å². The van der Waals surface area contributed by atoms with E-state index in [1.807, 2.05) is 0 Å². The van der Waals surface area contributed by atoms with Crippen LogP contribution in [0.25, 0.3) is 0 Å². The normalized spacial score (nSPS) is 14.0. The molecule has 1 aliphatic heterocycles. The van der Waals surface area contributed by atoms with Crippen molar-refractivity contribution in [3.63, 3.8) is 0 Å². The number of carbonyl (C=O) groups is 2. The van der Waals surface area contributed by atoms with Crippen LogP contribution in [-0.4, -0.2) is 63.3 Å². The zero-order chi connectivity index (χ0) is 21.8. The Bertz CT molecular complexity index is 1040. The first kappa shape index (κ1) is 21.5. The van der Waals surface area contributed by atoms with E-state index in [1.54, 1.807) is 0 Å². The summed E-state index contributed by atoms with van der Waals surface area (Å²) in [5.74, 6) is -3.06. The summed E-state index contributed by atoms with van der Waals surface area (Å²) in [6, 6.07) is 7.72. The van der Waals surface area contributed by atoms with E-state index in [4.69, 9.17) is 4.74 Å². The van der Waals surface area contributed by atoms with E-state index >= 15 is 0 Å². The van der Waals surface area contributed by atoms with Crippen molar-refractivity contribution in [2.24, 2.45) is 0 Å². The average molecular weight is 439 g/mol. The minimum atomic E-state index is -2.88. The molecule has 1 fully saturated rings. The fourth-order valence-corrected chi connectivity index (χ4v) is 3.53. The van der Waals surface area contributed by atoms with Crippen molar-refractivity contribution in [1.29, 1.82) is 0 Å². The smallest absolute Gasteiger partial charge is 0.257 e. The van der Waals surface area contributed by atoms with Gasteiger partial charge in [0.15, 0.2) is 11.6 Å². The number of anilines is 1. The van der Waals surface area contributed by atoms with Gasteiger partial charge in [-0.25, -0.2) is 17.2 Å². The van der Waals surface area contributed by atoms with Gasteiger partial charge in [-0.3, -0.25) is 14.3 Å². The summed E-state index contributed by atoms with van der Waals surface area (Å²) in [6.07, 6.45) is 0. The van der Waals surface area contributed by atoms with Gasteiger partial charge in [0.25, 0.3) is 11.8 Å². The molecule has 3 rings (SSSR count). The number of rotatable bonds is 5. The fourth-order valence-electron chi connectivity index (χ4n) is 3.15. The van der Waals surface area contributed by atoms with Crippen LogP contribution in [0.4, 0.5) is 14.5 Å². The molecule has 11 heteroatoms. The summed E-state index contributed by atoms with van der Waals surface area (Å²) >= 11 is 0. The molecular formula is C19H19F2N3O5S. The molecule has 0 radical (unpaired) electrons. The van der Waals surface area contributed by atoms with Crippen molar-refractivity contribution in [2.75, 3.05) is 38.0 Å².